The highest BCUT2D eigenvalue weighted by Crippen LogP contribution is 2.56. The van der Waals surface area contributed by atoms with Gasteiger partial charge in [-0.25, -0.2) is 0 Å². The number of Topliss-reactive ketones (excluding diaryl/α,β-unsaturated/α-hetero) is 3. The lowest BCUT2D eigenvalue weighted by Crippen LogP contribution is -2.70. The lowest BCUT2D eigenvalue weighted by Gasteiger charge is -2.53. The second kappa shape index (κ2) is 11.2. The van der Waals surface area contributed by atoms with E-state index in [1.807, 2.05) is 13.8 Å². The Labute approximate surface area is 243 Å². The number of nitrogens with zero attached hydrogens (tertiary/aromatic N) is 1. The molecule has 4 rings (SSSR count). The summed E-state index contributed by atoms with van der Waals surface area (Å²) in [5.41, 5.74) is 1.33. The van der Waals surface area contributed by atoms with Crippen molar-refractivity contribution < 1.29 is 44.7 Å². The molecule has 0 saturated heterocycles. The predicted octanol–water partition coefficient (Wildman–Crippen LogP) is 1.45. The number of phenolic OH excluding ortho intramolecular Hbond substituents is 1. The molecule has 1 amide bonds. The SMILES string of the molecule is CCCC(=O)C(CCC)Nc1ccc2c(c1O)C(O)=C1C(=O)[C@]3(O)C(O)=C(C(N)=O)C(=O)[C@@H](N(C)C)[C@@H]3[C@@H](O)[C@@H]1[C@H]2C. The van der Waals surface area contributed by atoms with Crippen LogP contribution in [0.4, 0.5) is 5.69 Å². The first-order valence-corrected chi connectivity index (χ1v) is 14.1. The Balaban J connectivity index is 1.92. The number of nitrogens with one attached hydrogen (secondary N) is 1. The first-order valence-electron chi connectivity index (χ1n) is 14.1. The number of phenols is 1. The van der Waals surface area contributed by atoms with Crippen molar-refractivity contribution in [1.29, 1.82) is 0 Å². The molecule has 0 heterocycles. The highest BCUT2D eigenvalue weighted by atomic mass is 16.4. The van der Waals surface area contributed by atoms with Crippen molar-refractivity contribution in [2.45, 2.75) is 76.2 Å². The molecule has 228 valence electrons. The summed E-state index contributed by atoms with van der Waals surface area (Å²) in [7, 11) is 2.90. The zero-order valence-electron chi connectivity index (χ0n) is 24.3. The molecule has 1 unspecified atom stereocenters. The summed E-state index contributed by atoms with van der Waals surface area (Å²) < 4.78 is 0. The topological polar surface area (TPSA) is 211 Å². The van der Waals surface area contributed by atoms with Crippen LogP contribution >= 0.6 is 0 Å². The minimum atomic E-state index is -2.98. The van der Waals surface area contributed by atoms with E-state index in [0.717, 1.165) is 0 Å². The van der Waals surface area contributed by atoms with Crippen molar-refractivity contribution in [2.24, 2.45) is 17.6 Å². The van der Waals surface area contributed by atoms with Gasteiger partial charge in [-0.05, 0) is 44.5 Å². The molecule has 3 aliphatic carbocycles. The van der Waals surface area contributed by atoms with Crippen LogP contribution in [0, 0.1) is 11.8 Å². The van der Waals surface area contributed by atoms with E-state index < -0.39 is 87.4 Å². The van der Waals surface area contributed by atoms with Gasteiger partial charge in [0.15, 0.2) is 17.2 Å². The number of aliphatic hydroxyl groups excluding tert-OH is 3. The van der Waals surface area contributed by atoms with Crippen LogP contribution in [-0.4, -0.2) is 91.6 Å². The fraction of sp³-hybridized carbons (Fsp3) is 0.533. The van der Waals surface area contributed by atoms with E-state index in [-0.39, 0.29) is 17.0 Å². The Hall–Kier alpha value is -3.74. The third kappa shape index (κ3) is 4.40. The summed E-state index contributed by atoms with van der Waals surface area (Å²) in [6.45, 7) is 5.47. The van der Waals surface area contributed by atoms with Gasteiger partial charge in [0.2, 0.25) is 5.78 Å². The molecule has 0 spiro atoms. The monoisotopic (exact) mass is 585 g/mol. The third-order valence-electron chi connectivity index (χ3n) is 8.92. The van der Waals surface area contributed by atoms with Crippen molar-refractivity contribution in [3.63, 3.8) is 0 Å². The average molecular weight is 586 g/mol. The molecule has 3 aliphatic rings. The lowest BCUT2D eigenvalue weighted by molar-refractivity contribution is -0.169. The van der Waals surface area contributed by atoms with Gasteiger partial charge in [0, 0.05) is 17.9 Å². The van der Waals surface area contributed by atoms with Crippen molar-refractivity contribution >= 4 is 34.7 Å². The normalized spacial score (nSPS) is 29.7. The number of fused-ring (bicyclic) bond motifs is 3. The number of carbonyl (C=O) groups excluding carboxylic acids is 4. The standard InChI is InChI=1S/C30H39N3O9/c1-6-8-14(16(34)9-7-2)32-15-11-10-13-12(3)17-19(24(36)18(13)23(15)35)27(39)30(42)21(25(17)37)22(33(4)5)26(38)20(28(30)40)29(31)41/h10-12,14,17,21-22,25,32,35-37,40,42H,6-9H2,1-5H3,(H2,31,41)/t12-,14?,17+,21+,22-,25-,30-/m0/s1. The fourth-order valence-corrected chi connectivity index (χ4v) is 6.94. The molecular formula is C30H39N3O9. The number of amides is 1. The first kappa shape index (κ1) is 31.2. The maximum atomic E-state index is 14.1. The molecule has 1 aromatic rings. The van der Waals surface area contributed by atoms with E-state index >= 15 is 0 Å². The highest BCUT2D eigenvalue weighted by Gasteiger charge is 2.68. The number of carbonyl (C=O) groups is 4. The van der Waals surface area contributed by atoms with Gasteiger partial charge < -0.3 is 36.6 Å². The number of ketones is 3. The smallest absolute Gasteiger partial charge is 0.255 e. The molecule has 0 radical (unpaired) electrons. The Morgan fingerprint density at radius 1 is 1.12 bits per heavy atom. The Morgan fingerprint density at radius 2 is 1.76 bits per heavy atom. The molecule has 1 aromatic carbocycles. The molecule has 12 heteroatoms. The van der Waals surface area contributed by atoms with E-state index in [1.165, 1.54) is 19.0 Å². The summed E-state index contributed by atoms with van der Waals surface area (Å²) in [5, 5.41) is 60.4. The summed E-state index contributed by atoms with van der Waals surface area (Å²) in [6, 6.07) is 1.15. The van der Waals surface area contributed by atoms with Crippen LogP contribution in [0.25, 0.3) is 5.76 Å². The molecule has 12 nitrogen and oxygen atoms in total. The second-order valence-electron chi connectivity index (χ2n) is 11.7. The van der Waals surface area contributed by atoms with Crippen LogP contribution in [-0.2, 0) is 19.2 Å². The van der Waals surface area contributed by atoms with Gasteiger partial charge in [0.1, 0.15) is 22.8 Å². The Bertz CT molecular complexity index is 1410. The van der Waals surface area contributed by atoms with Crippen LogP contribution in [0.1, 0.15) is 63.5 Å². The number of likely N-dealkylation sites (N-methyl/N-ethyl adjacent to an activating group) is 1. The molecule has 0 aliphatic heterocycles. The lowest BCUT2D eigenvalue weighted by atomic mass is 9.54. The van der Waals surface area contributed by atoms with Crippen LogP contribution < -0.4 is 11.1 Å². The highest BCUT2D eigenvalue weighted by molar-refractivity contribution is 6.24. The zero-order chi connectivity index (χ0) is 31.4. The summed E-state index contributed by atoms with van der Waals surface area (Å²) in [6.07, 6.45) is 0.515. The maximum Gasteiger partial charge on any atom is 0.255 e. The maximum absolute atomic E-state index is 14.1. The van der Waals surface area contributed by atoms with Gasteiger partial charge in [-0.1, -0.05) is 33.3 Å². The van der Waals surface area contributed by atoms with E-state index in [9.17, 15) is 44.7 Å². The minimum Gasteiger partial charge on any atom is -0.508 e. The quantitative estimate of drug-likeness (QED) is 0.163. The number of nitrogens with two attached hydrogens (primary N) is 1. The predicted molar refractivity (Wildman–Crippen MR) is 153 cm³/mol. The zero-order valence-corrected chi connectivity index (χ0v) is 24.3. The number of aliphatic hydroxyl groups is 4. The Kier molecular flexibility index (Phi) is 8.29. The molecule has 0 bridgehead atoms. The Morgan fingerprint density at radius 3 is 2.31 bits per heavy atom. The van der Waals surface area contributed by atoms with E-state index in [4.69, 9.17) is 5.73 Å². The molecule has 8 N–H and O–H groups in total. The van der Waals surface area contributed by atoms with Crippen LogP contribution in [0.2, 0.25) is 0 Å². The van der Waals surface area contributed by atoms with Crippen LogP contribution in [0.5, 0.6) is 5.75 Å². The first-order chi connectivity index (χ1) is 19.7. The van der Waals surface area contributed by atoms with Crippen molar-refractivity contribution in [1.82, 2.24) is 4.90 Å². The van der Waals surface area contributed by atoms with Gasteiger partial charge in [0.25, 0.3) is 5.91 Å². The number of hydrogen-bond donors (Lipinski definition) is 7. The summed E-state index contributed by atoms with van der Waals surface area (Å²) in [4.78, 5) is 53.6. The van der Waals surface area contributed by atoms with Gasteiger partial charge in [-0.2, -0.15) is 0 Å². The molecule has 1 fully saturated rings. The van der Waals surface area contributed by atoms with Gasteiger partial charge in [-0.15, -0.1) is 0 Å². The molecule has 42 heavy (non-hydrogen) atoms. The van der Waals surface area contributed by atoms with Crippen LogP contribution in [0.3, 0.4) is 0 Å². The average Bonchev–Trinajstić information content (AvgIpc) is 2.91. The largest absolute Gasteiger partial charge is 0.508 e. The number of rotatable bonds is 9. The van der Waals surface area contributed by atoms with Crippen molar-refractivity contribution in [2.75, 3.05) is 19.4 Å². The van der Waals surface area contributed by atoms with Gasteiger partial charge >= 0.3 is 0 Å². The third-order valence-corrected chi connectivity index (χ3v) is 8.92. The summed E-state index contributed by atoms with van der Waals surface area (Å²) >= 11 is 0. The second-order valence-corrected chi connectivity index (χ2v) is 11.7. The van der Waals surface area contributed by atoms with Crippen molar-refractivity contribution in [3.05, 3.63) is 40.2 Å². The van der Waals surface area contributed by atoms with Gasteiger partial charge in [0.05, 0.1) is 35.4 Å². The number of aromatic hydroxyl groups is 1. The molecule has 0 aromatic heterocycles. The minimum absolute atomic E-state index is 0.0406. The number of benzene rings is 1. The van der Waals surface area contributed by atoms with E-state index in [0.29, 0.717) is 31.2 Å². The molecule has 1 saturated carbocycles. The summed E-state index contributed by atoms with van der Waals surface area (Å²) in [5.74, 6) is -9.54. The number of anilines is 1. The molecule has 7 atom stereocenters. The van der Waals surface area contributed by atoms with E-state index in [2.05, 4.69) is 5.32 Å². The fourth-order valence-electron chi connectivity index (χ4n) is 6.94. The van der Waals surface area contributed by atoms with Crippen LogP contribution in [0.15, 0.2) is 29.0 Å². The van der Waals surface area contributed by atoms with Gasteiger partial charge in [-0.3, -0.25) is 24.1 Å². The molecular weight excluding hydrogens is 546 g/mol. The number of primary amides is 1. The van der Waals surface area contributed by atoms with E-state index in [1.54, 1.807) is 19.1 Å². The van der Waals surface area contributed by atoms with Crippen molar-refractivity contribution in [3.8, 4) is 5.75 Å². The number of hydrogen-bond acceptors (Lipinski definition) is 11.